The molecule has 0 aliphatic carbocycles. The Kier molecular flexibility index (Phi) is 5.76. The van der Waals surface area contributed by atoms with Gasteiger partial charge in [-0.1, -0.05) is 6.92 Å². The molecule has 2 amide bonds. The number of nitrogens with zero attached hydrogens (tertiary/aromatic N) is 2. The lowest BCUT2D eigenvalue weighted by atomic mass is 10.00. The van der Waals surface area contributed by atoms with E-state index in [2.05, 4.69) is 27.5 Å². The molecule has 2 atom stereocenters. The average molecular weight is 286 g/mol. The highest BCUT2D eigenvalue weighted by atomic mass is 16.4. The molecule has 7 nitrogen and oxygen atoms in total. The Labute approximate surface area is 120 Å². The van der Waals surface area contributed by atoms with E-state index in [4.69, 9.17) is 5.11 Å². The highest BCUT2D eigenvalue weighted by molar-refractivity contribution is 5.85. The topological polar surface area (TPSA) is 84.9 Å². The number of carboxylic acids is 1. The summed E-state index contributed by atoms with van der Waals surface area (Å²) in [6, 6.07) is -0.185. The van der Waals surface area contributed by atoms with Gasteiger partial charge in [0.1, 0.15) is 5.54 Å². The lowest BCUT2D eigenvalue weighted by molar-refractivity contribution is -0.143. The lowest BCUT2D eigenvalue weighted by Crippen LogP contribution is -2.58. The van der Waals surface area contributed by atoms with Gasteiger partial charge < -0.3 is 20.6 Å². The summed E-state index contributed by atoms with van der Waals surface area (Å²) in [5.74, 6) is -1.02. The number of amides is 2. The van der Waals surface area contributed by atoms with Crippen molar-refractivity contribution in [1.82, 2.24) is 20.4 Å². The van der Waals surface area contributed by atoms with Crippen LogP contribution in [0.3, 0.4) is 0 Å². The van der Waals surface area contributed by atoms with E-state index in [9.17, 15) is 9.59 Å². The van der Waals surface area contributed by atoms with E-state index in [1.165, 1.54) is 6.92 Å². The van der Waals surface area contributed by atoms with Gasteiger partial charge in [-0.3, -0.25) is 4.90 Å². The fourth-order valence-electron chi connectivity index (χ4n) is 2.12. The Hall–Kier alpha value is -1.34. The summed E-state index contributed by atoms with van der Waals surface area (Å²) in [4.78, 5) is 27.4. The van der Waals surface area contributed by atoms with Crippen molar-refractivity contribution in [2.75, 3.05) is 40.3 Å². The zero-order valence-corrected chi connectivity index (χ0v) is 12.8. The molecule has 0 aromatic rings. The molecule has 1 heterocycles. The van der Waals surface area contributed by atoms with Gasteiger partial charge in [-0.2, -0.15) is 0 Å². The van der Waals surface area contributed by atoms with Gasteiger partial charge >= 0.3 is 12.0 Å². The zero-order valence-electron chi connectivity index (χ0n) is 12.8. The Balaban J connectivity index is 2.45. The molecule has 0 radical (unpaired) electrons. The number of hydrogen-bond donors (Lipinski definition) is 3. The molecule has 0 aromatic heterocycles. The lowest BCUT2D eigenvalue weighted by Gasteiger charge is -2.37. The molecule has 116 valence electrons. The highest BCUT2D eigenvalue weighted by Crippen LogP contribution is 2.09. The first-order valence-electron chi connectivity index (χ1n) is 6.96. The van der Waals surface area contributed by atoms with E-state index in [1.807, 2.05) is 7.05 Å². The third-order valence-electron chi connectivity index (χ3n) is 4.05. The number of likely N-dealkylation sites (N-methyl/N-ethyl adjacent to an activating group) is 2. The van der Waals surface area contributed by atoms with Crippen molar-refractivity contribution in [2.45, 2.75) is 31.8 Å². The molecule has 2 unspecified atom stereocenters. The normalized spacial score (nSPS) is 23.9. The molecule has 0 bridgehead atoms. The van der Waals surface area contributed by atoms with Crippen LogP contribution in [-0.4, -0.2) is 78.8 Å². The number of carbonyl (C=O) groups excluding carboxylic acids is 1. The Morgan fingerprint density at radius 1 is 1.35 bits per heavy atom. The monoisotopic (exact) mass is 286 g/mol. The van der Waals surface area contributed by atoms with Gasteiger partial charge in [-0.25, -0.2) is 9.59 Å². The van der Waals surface area contributed by atoms with Crippen LogP contribution in [0.4, 0.5) is 4.79 Å². The molecular formula is C13H26N4O3. The molecule has 7 heteroatoms. The quantitative estimate of drug-likeness (QED) is 0.651. The van der Waals surface area contributed by atoms with Crippen LogP contribution in [0.1, 0.15) is 20.3 Å². The predicted octanol–water partition coefficient (Wildman–Crippen LogP) is -0.215. The van der Waals surface area contributed by atoms with E-state index < -0.39 is 17.5 Å². The molecule has 1 aliphatic rings. The fraction of sp³-hybridized carbons (Fsp3) is 0.846. The SMILES string of the molecule is CCC(C)(NC(=O)NCC1CN(C)CCN1C)C(=O)O. The third-order valence-corrected chi connectivity index (χ3v) is 4.05. The van der Waals surface area contributed by atoms with Crippen LogP contribution in [0.25, 0.3) is 0 Å². The van der Waals surface area contributed by atoms with Crippen LogP contribution in [0.5, 0.6) is 0 Å². The summed E-state index contributed by atoms with van der Waals surface area (Å²) in [6.45, 7) is 6.62. The van der Waals surface area contributed by atoms with Gasteiger partial charge in [-0.05, 0) is 27.4 Å². The van der Waals surface area contributed by atoms with Gasteiger partial charge in [0.2, 0.25) is 0 Å². The molecule has 1 fully saturated rings. The number of carboxylic acid groups (broad SMARTS) is 1. The van der Waals surface area contributed by atoms with Gasteiger partial charge in [0, 0.05) is 32.2 Å². The standard InChI is InChI=1S/C13H26N4O3/c1-5-13(2,11(18)19)15-12(20)14-8-10-9-16(3)6-7-17(10)4/h10H,5-9H2,1-4H3,(H,18,19)(H2,14,15,20). The minimum absolute atomic E-state index is 0.247. The first kappa shape index (κ1) is 16.7. The Morgan fingerprint density at radius 3 is 2.55 bits per heavy atom. The minimum Gasteiger partial charge on any atom is -0.480 e. The van der Waals surface area contributed by atoms with Gasteiger partial charge in [0.25, 0.3) is 0 Å². The third kappa shape index (κ3) is 4.35. The second-order valence-electron chi connectivity index (χ2n) is 5.72. The van der Waals surface area contributed by atoms with E-state index >= 15 is 0 Å². The largest absolute Gasteiger partial charge is 0.480 e. The molecule has 1 rings (SSSR count). The molecule has 1 aliphatic heterocycles. The van der Waals surface area contributed by atoms with Crippen molar-refractivity contribution >= 4 is 12.0 Å². The first-order valence-corrected chi connectivity index (χ1v) is 6.96. The van der Waals surface area contributed by atoms with Crippen molar-refractivity contribution in [3.63, 3.8) is 0 Å². The second kappa shape index (κ2) is 6.90. The number of carbonyl (C=O) groups is 2. The van der Waals surface area contributed by atoms with Crippen LogP contribution < -0.4 is 10.6 Å². The van der Waals surface area contributed by atoms with Crippen LogP contribution in [0, 0.1) is 0 Å². The number of rotatable bonds is 5. The minimum atomic E-state index is -1.22. The van der Waals surface area contributed by atoms with Crippen LogP contribution in [-0.2, 0) is 4.79 Å². The summed E-state index contributed by atoms with van der Waals surface area (Å²) in [5, 5.41) is 14.4. The predicted molar refractivity (Wildman–Crippen MR) is 76.8 cm³/mol. The van der Waals surface area contributed by atoms with Gasteiger partial charge in [0.15, 0.2) is 0 Å². The van der Waals surface area contributed by atoms with E-state index in [0.717, 1.165) is 19.6 Å². The Bertz CT molecular complexity index is 364. The van der Waals surface area contributed by atoms with Crippen molar-refractivity contribution in [2.24, 2.45) is 0 Å². The average Bonchev–Trinajstić information content (AvgIpc) is 2.39. The van der Waals surface area contributed by atoms with Gasteiger partial charge in [-0.15, -0.1) is 0 Å². The summed E-state index contributed by atoms with van der Waals surface area (Å²) in [5.41, 5.74) is -1.22. The molecular weight excluding hydrogens is 260 g/mol. The summed E-state index contributed by atoms with van der Waals surface area (Å²) >= 11 is 0. The number of aliphatic carboxylic acids is 1. The molecule has 0 spiro atoms. The summed E-state index contributed by atoms with van der Waals surface area (Å²) in [7, 11) is 4.09. The van der Waals surface area contributed by atoms with Crippen molar-refractivity contribution in [1.29, 1.82) is 0 Å². The summed E-state index contributed by atoms with van der Waals surface area (Å²) in [6.07, 6.45) is 0.335. The molecule has 20 heavy (non-hydrogen) atoms. The molecule has 0 saturated carbocycles. The fourth-order valence-corrected chi connectivity index (χ4v) is 2.12. The smallest absolute Gasteiger partial charge is 0.329 e. The van der Waals surface area contributed by atoms with Crippen LogP contribution in [0.15, 0.2) is 0 Å². The van der Waals surface area contributed by atoms with Crippen LogP contribution in [0.2, 0.25) is 0 Å². The molecule has 3 N–H and O–H groups in total. The maximum absolute atomic E-state index is 11.8. The Morgan fingerprint density at radius 2 is 2.00 bits per heavy atom. The number of nitrogens with one attached hydrogen (secondary N) is 2. The maximum atomic E-state index is 11.8. The summed E-state index contributed by atoms with van der Waals surface area (Å²) < 4.78 is 0. The highest BCUT2D eigenvalue weighted by Gasteiger charge is 2.33. The number of piperazine rings is 1. The number of hydrogen-bond acceptors (Lipinski definition) is 4. The zero-order chi connectivity index (χ0) is 15.3. The van der Waals surface area contributed by atoms with Crippen molar-refractivity contribution in [3.05, 3.63) is 0 Å². The van der Waals surface area contributed by atoms with Crippen molar-refractivity contribution in [3.8, 4) is 0 Å². The van der Waals surface area contributed by atoms with Gasteiger partial charge in [0.05, 0.1) is 0 Å². The van der Waals surface area contributed by atoms with E-state index in [-0.39, 0.29) is 6.04 Å². The maximum Gasteiger partial charge on any atom is 0.329 e. The van der Waals surface area contributed by atoms with Crippen molar-refractivity contribution < 1.29 is 14.7 Å². The second-order valence-corrected chi connectivity index (χ2v) is 5.72. The number of urea groups is 1. The molecule has 0 aromatic carbocycles. The first-order chi connectivity index (χ1) is 9.28. The molecule has 1 saturated heterocycles. The van der Waals surface area contributed by atoms with Crippen LogP contribution >= 0.6 is 0 Å². The van der Waals surface area contributed by atoms with E-state index in [0.29, 0.717) is 13.0 Å². The van der Waals surface area contributed by atoms with E-state index in [1.54, 1.807) is 6.92 Å².